The molecule has 248 valence electrons. The topological polar surface area (TPSA) is 287 Å². The summed E-state index contributed by atoms with van der Waals surface area (Å²) in [6.45, 7) is 0.542. The Balaban J connectivity index is 1.47. The van der Waals surface area contributed by atoms with Gasteiger partial charge in [-0.3, -0.25) is 0 Å². The third kappa shape index (κ3) is 5.78. The van der Waals surface area contributed by atoms with Crippen molar-refractivity contribution in [3.05, 3.63) is 29.7 Å². The molecule has 0 spiro atoms. The monoisotopic (exact) mass is 644 g/mol. The van der Waals surface area contributed by atoms with Gasteiger partial charge in [-0.15, -0.1) is 0 Å². The molecule has 0 aromatic heterocycles. The van der Waals surface area contributed by atoms with Gasteiger partial charge in [0.1, 0.15) is 36.6 Å². The van der Waals surface area contributed by atoms with Crippen LogP contribution in [0.25, 0.3) is 5.76 Å². The molecule has 2 aromatic rings. The normalized spacial score (nSPS) is 33.2. The highest BCUT2D eigenvalue weighted by molar-refractivity contribution is 5.74. The lowest BCUT2D eigenvalue weighted by molar-refractivity contribution is -0.354. The van der Waals surface area contributed by atoms with E-state index in [-0.39, 0.29) is 11.3 Å². The number of aliphatic hydroxyl groups excluding tert-OH is 7. The molecular weight excluding hydrogens is 612 g/mol. The number of fused-ring (bicyclic) bond motifs is 1. The lowest BCUT2D eigenvalue weighted by atomic mass is 9.97. The molecule has 3 heterocycles. The third-order valence-electron chi connectivity index (χ3n) is 7.45. The maximum absolute atomic E-state index is 11.1. The van der Waals surface area contributed by atoms with Gasteiger partial charge in [-0.25, -0.2) is 0 Å². The number of hydrogen-bond acceptors (Lipinski definition) is 18. The van der Waals surface area contributed by atoms with Crippen LogP contribution >= 0.6 is 0 Å². The molecule has 11 N–H and O–H groups in total. The van der Waals surface area contributed by atoms with Gasteiger partial charge in [0.15, 0.2) is 35.4 Å². The predicted molar refractivity (Wildman–Crippen MR) is 143 cm³/mol. The minimum atomic E-state index is -1.90. The second kappa shape index (κ2) is 12.4. The van der Waals surface area contributed by atoms with Gasteiger partial charge < -0.3 is 89.3 Å². The molecule has 2 fully saturated rings. The molecular formula is C27H32O18. The van der Waals surface area contributed by atoms with Crippen LogP contribution in [-0.2, 0) is 14.2 Å². The zero-order chi connectivity index (χ0) is 32.9. The fourth-order valence-electron chi connectivity index (χ4n) is 4.94. The van der Waals surface area contributed by atoms with Gasteiger partial charge in [0.25, 0.3) is 0 Å². The average Bonchev–Trinajstić information content (AvgIpc) is 3.01. The molecule has 2 saturated heterocycles. The predicted octanol–water partition coefficient (Wildman–Crippen LogP) is -1.80. The summed E-state index contributed by atoms with van der Waals surface area (Å²) in [7, 11) is 1.20. The second-order valence-corrected chi connectivity index (χ2v) is 10.4. The van der Waals surface area contributed by atoms with E-state index in [4.69, 9.17) is 33.2 Å². The quantitative estimate of drug-likeness (QED) is 0.148. The smallest absolute Gasteiger partial charge is 0.327 e. The van der Waals surface area contributed by atoms with Crippen molar-refractivity contribution in [1.82, 2.24) is 0 Å². The zero-order valence-corrected chi connectivity index (χ0v) is 23.5. The van der Waals surface area contributed by atoms with Crippen molar-refractivity contribution >= 4 is 5.76 Å². The number of phenols is 4. The Morgan fingerprint density at radius 2 is 1.47 bits per heavy atom. The van der Waals surface area contributed by atoms with E-state index in [1.807, 2.05) is 0 Å². The highest BCUT2D eigenvalue weighted by Gasteiger charge is 2.51. The molecule has 0 bridgehead atoms. The van der Waals surface area contributed by atoms with Crippen LogP contribution in [0, 0.1) is 0 Å². The lowest BCUT2D eigenvalue weighted by Crippen LogP contribution is -2.64. The molecule has 3 aliphatic rings. The molecule has 18 heteroatoms. The number of hydrogen-bond donors (Lipinski definition) is 11. The summed E-state index contributed by atoms with van der Waals surface area (Å²) < 4.78 is 38.1. The summed E-state index contributed by atoms with van der Waals surface area (Å²) in [6, 6.07) is 3.03. The Morgan fingerprint density at radius 1 is 0.756 bits per heavy atom. The van der Waals surface area contributed by atoms with Crippen LogP contribution in [0.5, 0.6) is 46.0 Å². The first-order valence-corrected chi connectivity index (χ1v) is 13.4. The van der Waals surface area contributed by atoms with Crippen LogP contribution in [0.1, 0.15) is 12.5 Å². The van der Waals surface area contributed by atoms with Gasteiger partial charge in [0.05, 0.1) is 19.8 Å². The van der Waals surface area contributed by atoms with E-state index in [9.17, 15) is 56.2 Å². The summed E-state index contributed by atoms with van der Waals surface area (Å²) in [5.74, 6) is -6.29. The first kappa shape index (κ1) is 32.4. The van der Waals surface area contributed by atoms with Crippen molar-refractivity contribution < 1.29 is 89.3 Å². The van der Waals surface area contributed by atoms with Crippen LogP contribution in [0.3, 0.4) is 0 Å². The summed E-state index contributed by atoms with van der Waals surface area (Å²) in [6.07, 6.45) is -16.6. The van der Waals surface area contributed by atoms with E-state index >= 15 is 0 Å². The van der Waals surface area contributed by atoms with E-state index in [2.05, 4.69) is 0 Å². The minimum Gasteiger partial charge on any atom is -0.504 e. The van der Waals surface area contributed by atoms with Crippen molar-refractivity contribution in [1.29, 1.82) is 0 Å². The fourth-order valence-corrected chi connectivity index (χ4v) is 4.94. The number of aliphatic hydroxyl groups is 7. The molecule has 0 saturated carbocycles. The first-order valence-electron chi connectivity index (χ1n) is 13.4. The zero-order valence-electron chi connectivity index (χ0n) is 23.5. The molecule has 0 radical (unpaired) electrons. The molecule has 10 atom stereocenters. The number of phenolic OH excluding ortho intramolecular Hbond substituents is 4. The fraction of sp³-hybridized carbons (Fsp3) is 0.481. The number of methoxy groups -OCH3 is 1. The van der Waals surface area contributed by atoms with Crippen LogP contribution in [0.2, 0.25) is 0 Å². The average molecular weight is 645 g/mol. The SMILES string of the molecule is COc1cc(C2=C(O)Oc3cc(O)c(O[C@@H]4O[C@H](CO)[C@@H](O)[C@H](O)[C@H]4O[C@@H]4O[C@@H](C)[C@H](O)[C@@H](O)[C@H]4O)c(O)c3O2)cc(O)c1O. The molecule has 3 aliphatic heterocycles. The van der Waals surface area contributed by atoms with Gasteiger partial charge in [-0.1, -0.05) is 0 Å². The molecule has 5 rings (SSSR count). The van der Waals surface area contributed by atoms with E-state index in [0.717, 1.165) is 12.1 Å². The Kier molecular flexibility index (Phi) is 8.95. The molecule has 18 nitrogen and oxygen atoms in total. The molecule has 0 aliphatic carbocycles. The van der Waals surface area contributed by atoms with E-state index in [1.54, 1.807) is 0 Å². The maximum Gasteiger partial charge on any atom is 0.327 e. The van der Waals surface area contributed by atoms with E-state index < -0.39 is 120 Å². The first-order chi connectivity index (χ1) is 21.3. The molecule has 0 amide bonds. The van der Waals surface area contributed by atoms with Crippen LogP contribution in [-0.4, -0.2) is 131 Å². The lowest BCUT2D eigenvalue weighted by Gasteiger charge is -2.45. The highest BCUT2D eigenvalue weighted by Crippen LogP contribution is 2.54. The van der Waals surface area contributed by atoms with Gasteiger partial charge in [-0.05, 0) is 19.1 Å². The van der Waals surface area contributed by atoms with Crippen molar-refractivity contribution in [3.63, 3.8) is 0 Å². The van der Waals surface area contributed by atoms with Crippen molar-refractivity contribution in [2.24, 2.45) is 0 Å². The number of benzene rings is 2. The number of aromatic hydroxyl groups is 4. The second-order valence-electron chi connectivity index (χ2n) is 10.4. The van der Waals surface area contributed by atoms with E-state index in [1.165, 1.54) is 20.1 Å². The van der Waals surface area contributed by atoms with Crippen molar-refractivity contribution in [2.75, 3.05) is 13.7 Å². The Morgan fingerprint density at radius 3 is 2.13 bits per heavy atom. The summed E-state index contributed by atoms with van der Waals surface area (Å²) in [4.78, 5) is 0. The van der Waals surface area contributed by atoms with Gasteiger partial charge >= 0.3 is 5.95 Å². The third-order valence-corrected chi connectivity index (χ3v) is 7.45. The molecule has 45 heavy (non-hydrogen) atoms. The van der Waals surface area contributed by atoms with Gasteiger partial charge in [-0.2, -0.15) is 0 Å². The van der Waals surface area contributed by atoms with Crippen molar-refractivity contribution in [2.45, 2.75) is 68.3 Å². The van der Waals surface area contributed by atoms with Crippen LogP contribution in [0.4, 0.5) is 0 Å². The Hall–Kier alpha value is -3.98. The van der Waals surface area contributed by atoms with Crippen LogP contribution in [0.15, 0.2) is 24.1 Å². The molecule has 0 unspecified atom stereocenters. The van der Waals surface area contributed by atoms with Crippen molar-refractivity contribution in [3.8, 4) is 46.0 Å². The summed E-state index contributed by atoms with van der Waals surface area (Å²) in [5, 5.41) is 114. The Labute approximate surface area is 253 Å². The highest BCUT2D eigenvalue weighted by atomic mass is 16.8. The summed E-state index contributed by atoms with van der Waals surface area (Å²) in [5.41, 5.74) is -0.0835. The number of rotatable bonds is 7. The largest absolute Gasteiger partial charge is 0.504 e. The number of ether oxygens (including phenoxy) is 7. The standard InChI is InChI=1S/C27H32O18/c1-7-14(31)17(34)19(36)26(40-7)45-24-18(35)16(33)13(6-28)42-27(24)44-22-10(30)5-12-23(20(22)37)43-21(25(38)41-12)8-3-9(29)15(32)11(4-8)39-2/h3-5,7,13-14,16-19,24,26-38H,6H2,1-2H3/t7-,13+,14-,16+,17+,18-,19+,24+,26-,27-/m0/s1. The van der Waals surface area contributed by atoms with E-state index in [0.29, 0.717) is 0 Å². The molecule has 2 aromatic carbocycles. The Bertz CT molecular complexity index is 1450. The van der Waals surface area contributed by atoms with Crippen LogP contribution < -0.4 is 18.9 Å². The maximum atomic E-state index is 11.1. The minimum absolute atomic E-state index is 0.0835. The van der Waals surface area contributed by atoms with Gasteiger partial charge in [0.2, 0.25) is 35.0 Å². The summed E-state index contributed by atoms with van der Waals surface area (Å²) >= 11 is 0. The van der Waals surface area contributed by atoms with Gasteiger partial charge in [0, 0.05) is 11.6 Å².